The van der Waals surface area contributed by atoms with Gasteiger partial charge in [0.05, 0.1) is 6.54 Å². The van der Waals surface area contributed by atoms with Crippen LogP contribution in [0.5, 0.6) is 5.75 Å². The van der Waals surface area contributed by atoms with Crippen molar-refractivity contribution in [2.75, 3.05) is 5.32 Å². The zero-order valence-corrected chi connectivity index (χ0v) is 16.5. The van der Waals surface area contributed by atoms with Crippen molar-refractivity contribution in [2.24, 2.45) is 0 Å². The first-order chi connectivity index (χ1) is 14.7. The summed E-state index contributed by atoms with van der Waals surface area (Å²) >= 11 is 0. The van der Waals surface area contributed by atoms with Gasteiger partial charge < -0.3 is 19.9 Å². The lowest BCUT2D eigenvalue weighted by molar-refractivity contribution is 0.241. The van der Waals surface area contributed by atoms with E-state index in [9.17, 15) is 4.79 Å². The topological polar surface area (TPSA) is 78.6 Å². The van der Waals surface area contributed by atoms with E-state index in [0.29, 0.717) is 12.3 Å². The van der Waals surface area contributed by atoms with Crippen LogP contribution in [0, 0.1) is 5.41 Å². The van der Waals surface area contributed by atoms with Gasteiger partial charge in [-0.25, -0.2) is 0 Å². The summed E-state index contributed by atoms with van der Waals surface area (Å²) in [6.45, 7) is 2.59. The Labute approximate surface area is 174 Å². The number of nitrogens with one attached hydrogen (secondary N) is 2. The summed E-state index contributed by atoms with van der Waals surface area (Å²) in [6.07, 6.45) is 5.89. The minimum Gasteiger partial charge on any atom is -0.482 e. The Morgan fingerprint density at radius 3 is 2.50 bits per heavy atom. The standard InChI is InChI=1S/C24H23N3O3/c25-10-3-11-26-21-8-6-18(7-9-21)16-30-24-17-29-22(12-23(24)28)15-27-13-19-4-1-2-5-20(19)14-27/h1-12,17,25-26H,13-16H2/b11-3-,25-10?. The summed E-state index contributed by atoms with van der Waals surface area (Å²) in [4.78, 5) is 14.7. The number of rotatable bonds is 8. The molecule has 0 radical (unpaired) electrons. The maximum Gasteiger partial charge on any atom is 0.227 e. The lowest BCUT2D eigenvalue weighted by atomic mass is 10.1. The smallest absolute Gasteiger partial charge is 0.227 e. The van der Waals surface area contributed by atoms with E-state index in [0.717, 1.165) is 24.3 Å². The molecule has 30 heavy (non-hydrogen) atoms. The van der Waals surface area contributed by atoms with Crippen molar-refractivity contribution in [3.63, 3.8) is 0 Å². The second-order valence-corrected chi connectivity index (χ2v) is 7.14. The van der Waals surface area contributed by atoms with E-state index >= 15 is 0 Å². The van der Waals surface area contributed by atoms with Crippen LogP contribution >= 0.6 is 0 Å². The van der Waals surface area contributed by atoms with E-state index in [2.05, 4.69) is 22.3 Å². The summed E-state index contributed by atoms with van der Waals surface area (Å²) in [6, 6.07) is 17.5. The van der Waals surface area contributed by atoms with Gasteiger partial charge >= 0.3 is 0 Å². The van der Waals surface area contributed by atoms with Gasteiger partial charge in [-0.1, -0.05) is 36.4 Å². The zero-order valence-electron chi connectivity index (χ0n) is 16.5. The fraction of sp³-hybridized carbons (Fsp3) is 0.167. The molecule has 3 aromatic rings. The van der Waals surface area contributed by atoms with E-state index in [1.54, 1.807) is 12.3 Å². The Hall–Kier alpha value is -3.64. The molecule has 6 heteroatoms. The molecule has 0 amide bonds. The van der Waals surface area contributed by atoms with Crippen molar-refractivity contribution in [1.29, 1.82) is 5.41 Å². The van der Waals surface area contributed by atoms with E-state index in [4.69, 9.17) is 14.6 Å². The first-order valence-electron chi connectivity index (χ1n) is 9.76. The highest BCUT2D eigenvalue weighted by atomic mass is 16.5. The van der Waals surface area contributed by atoms with Gasteiger partial charge in [-0.2, -0.15) is 0 Å². The number of anilines is 1. The molecule has 2 N–H and O–H groups in total. The first kappa shape index (κ1) is 19.7. The van der Waals surface area contributed by atoms with Crippen LogP contribution in [-0.4, -0.2) is 11.1 Å². The van der Waals surface area contributed by atoms with Gasteiger partial charge in [0.25, 0.3) is 0 Å². The molecule has 1 aliphatic heterocycles. The molecular formula is C24H23N3O3. The van der Waals surface area contributed by atoms with Gasteiger partial charge in [-0.3, -0.25) is 9.69 Å². The fourth-order valence-corrected chi connectivity index (χ4v) is 3.41. The molecule has 6 nitrogen and oxygen atoms in total. The van der Waals surface area contributed by atoms with Crippen molar-refractivity contribution in [3.8, 4) is 5.75 Å². The Kier molecular flexibility index (Phi) is 6.06. The quantitative estimate of drug-likeness (QED) is 0.550. The molecular weight excluding hydrogens is 378 g/mol. The lowest BCUT2D eigenvalue weighted by Crippen LogP contribution is -2.17. The number of allylic oxidation sites excluding steroid dienone is 1. The number of nitrogens with zero attached hydrogens (tertiary/aromatic N) is 1. The average molecular weight is 401 g/mol. The number of fused-ring (bicyclic) bond motifs is 1. The van der Waals surface area contributed by atoms with Crippen LogP contribution in [0.25, 0.3) is 0 Å². The van der Waals surface area contributed by atoms with E-state index in [1.165, 1.54) is 29.7 Å². The normalized spacial score (nSPS) is 13.3. The highest BCUT2D eigenvalue weighted by molar-refractivity contribution is 5.68. The molecule has 0 saturated carbocycles. The molecule has 152 valence electrons. The van der Waals surface area contributed by atoms with E-state index in [-0.39, 0.29) is 17.8 Å². The van der Waals surface area contributed by atoms with Crippen LogP contribution in [0.3, 0.4) is 0 Å². The second kappa shape index (κ2) is 9.24. The summed E-state index contributed by atoms with van der Waals surface area (Å²) in [7, 11) is 0. The molecule has 0 unspecified atom stereocenters. The molecule has 1 aliphatic rings. The predicted octanol–water partition coefficient (Wildman–Crippen LogP) is 4.31. The van der Waals surface area contributed by atoms with Crippen molar-refractivity contribution < 1.29 is 9.15 Å². The van der Waals surface area contributed by atoms with Crippen molar-refractivity contribution in [1.82, 2.24) is 4.90 Å². The second-order valence-electron chi connectivity index (χ2n) is 7.14. The predicted molar refractivity (Wildman–Crippen MR) is 117 cm³/mol. The molecule has 2 aromatic carbocycles. The molecule has 2 heterocycles. The Morgan fingerprint density at radius 1 is 1.10 bits per heavy atom. The summed E-state index contributed by atoms with van der Waals surface area (Å²) < 4.78 is 11.3. The number of ether oxygens (including phenoxy) is 1. The third-order valence-corrected chi connectivity index (χ3v) is 4.93. The van der Waals surface area contributed by atoms with Gasteiger partial charge in [-0.05, 0) is 34.9 Å². The van der Waals surface area contributed by atoms with Crippen molar-refractivity contribution >= 4 is 11.9 Å². The maximum atomic E-state index is 12.4. The average Bonchev–Trinajstić information content (AvgIpc) is 3.16. The summed E-state index contributed by atoms with van der Waals surface area (Å²) in [5, 5.41) is 10.0. The SMILES string of the molecule is N=C/C=C\Nc1ccc(COc2coc(CN3Cc4ccccc4C3)cc2=O)cc1. The third kappa shape index (κ3) is 4.85. The molecule has 0 saturated heterocycles. The largest absolute Gasteiger partial charge is 0.482 e. The first-order valence-corrected chi connectivity index (χ1v) is 9.76. The van der Waals surface area contributed by atoms with E-state index < -0.39 is 0 Å². The van der Waals surface area contributed by atoms with Crippen molar-refractivity contribution in [3.05, 3.63) is 106 Å². The lowest BCUT2D eigenvalue weighted by Gasteiger charge is -2.14. The van der Waals surface area contributed by atoms with Gasteiger partial charge in [0.1, 0.15) is 18.6 Å². The van der Waals surface area contributed by atoms with Crippen LogP contribution < -0.4 is 15.5 Å². The Balaban J connectivity index is 1.32. The van der Waals surface area contributed by atoms with Crippen molar-refractivity contribution in [2.45, 2.75) is 26.2 Å². The number of benzene rings is 2. The van der Waals surface area contributed by atoms with Crippen LogP contribution in [0.2, 0.25) is 0 Å². The third-order valence-electron chi connectivity index (χ3n) is 4.93. The number of hydrogen-bond donors (Lipinski definition) is 2. The summed E-state index contributed by atoms with van der Waals surface area (Å²) in [5.41, 5.74) is 4.32. The molecule has 0 spiro atoms. The van der Waals surface area contributed by atoms with Crippen LogP contribution in [-0.2, 0) is 26.2 Å². The van der Waals surface area contributed by atoms with Crippen LogP contribution in [0.1, 0.15) is 22.5 Å². The number of hydrogen-bond acceptors (Lipinski definition) is 6. The molecule has 0 bridgehead atoms. The highest BCUT2D eigenvalue weighted by Crippen LogP contribution is 2.24. The van der Waals surface area contributed by atoms with Gasteiger partial charge in [0, 0.05) is 37.3 Å². The molecule has 4 rings (SSSR count). The van der Waals surface area contributed by atoms with Gasteiger partial charge in [0.2, 0.25) is 11.2 Å². The minimum atomic E-state index is -0.178. The summed E-state index contributed by atoms with van der Waals surface area (Å²) in [5.74, 6) is 0.841. The molecule has 0 fully saturated rings. The van der Waals surface area contributed by atoms with Gasteiger partial charge in [-0.15, -0.1) is 0 Å². The molecule has 0 aliphatic carbocycles. The van der Waals surface area contributed by atoms with Crippen LogP contribution in [0.4, 0.5) is 5.69 Å². The van der Waals surface area contributed by atoms with E-state index in [1.807, 2.05) is 36.4 Å². The van der Waals surface area contributed by atoms with Gasteiger partial charge in [0.15, 0.2) is 0 Å². The molecule has 1 aromatic heterocycles. The monoisotopic (exact) mass is 401 g/mol. The Morgan fingerprint density at radius 2 is 1.83 bits per heavy atom. The Bertz CT molecular complexity index is 1080. The minimum absolute atomic E-state index is 0.178. The zero-order chi connectivity index (χ0) is 20.8. The fourth-order valence-electron chi connectivity index (χ4n) is 3.41. The highest BCUT2D eigenvalue weighted by Gasteiger charge is 2.19. The maximum absolute atomic E-state index is 12.4. The van der Waals surface area contributed by atoms with Crippen LogP contribution in [0.15, 0.2) is 82.3 Å². The molecule has 0 atom stereocenters.